The Bertz CT molecular complexity index is 388. The van der Waals surface area contributed by atoms with Gasteiger partial charge in [-0.05, 0) is 75.3 Å². The minimum Gasteiger partial charge on any atom is -0.473 e. The molecule has 0 atom stereocenters. The van der Waals surface area contributed by atoms with Crippen molar-refractivity contribution in [3.63, 3.8) is 0 Å². The molecule has 6 heteroatoms. The third-order valence-corrected chi connectivity index (χ3v) is 7.13. The number of hydrogen-bond donors (Lipinski definition) is 4. The Hall–Kier alpha value is -1.14. The summed E-state index contributed by atoms with van der Waals surface area (Å²) in [6.07, 6.45) is 20.8. The van der Waals surface area contributed by atoms with E-state index in [0.29, 0.717) is 0 Å². The lowest BCUT2D eigenvalue weighted by Gasteiger charge is -2.40. The van der Waals surface area contributed by atoms with E-state index in [4.69, 9.17) is 19.8 Å². The van der Waals surface area contributed by atoms with Crippen LogP contribution in [0.3, 0.4) is 0 Å². The van der Waals surface area contributed by atoms with E-state index >= 15 is 0 Å². The molecule has 0 aromatic carbocycles. The maximum atomic E-state index is 9.10. The number of rotatable bonds is 0. The average Bonchev–Trinajstić information content (AvgIpc) is 2.71. The van der Waals surface area contributed by atoms with Gasteiger partial charge in [0.25, 0.3) is 0 Å². The van der Waals surface area contributed by atoms with Crippen LogP contribution in [0.1, 0.15) is 89.9 Å². The molecule has 4 fully saturated rings. The predicted molar refractivity (Wildman–Crippen MR) is 111 cm³/mol. The van der Waals surface area contributed by atoms with Crippen molar-refractivity contribution in [3.05, 3.63) is 0 Å². The van der Waals surface area contributed by atoms with Crippen LogP contribution >= 0.6 is 0 Å². The Morgan fingerprint density at radius 3 is 1.11 bits per heavy atom. The van der Waals surface area contributed by atoms with Crippen LogP contribution in [0.15, 0.2) is 0 Å². The average molecular weight is 397 g/mol. The standard InChI is InChI=1S/2C10H19N.C2H2O4/c2*1-2-5-10(6-3-1)7-4-8-11-9-10;3-1(4)2(5)6/h2*11H,1-9H2;(H,3,4)(H,5,6). The Morgan fingerprint density at radius 2 is 0.857 bits per heavy atom. The van der Waals surface area contributed by atoms with Crippen molar-refractivity contribution in [3.8, 4) is 0 Å². The quantitative estimate of drug-likeness (QED) is 0.465. The highest BCUT2D eigenvalue weighted by Gasteiger charge is 2.33. The Morgan fingerprint density at radius 1 is 0.536 bits per heavy atom. The summed E-state index contributed by atoms with van der Waals surface area (Å²) in [5.41, 5.74) is 1.49. The highest BCUT2D eigenvalue weighted by Crippen LogP contribution is 2.41. The summed E-state index contributed by atoms with van der Waals surface area (Å²) in [7, 11) is 0. The van der Waals surface area contributed by atoms with E-state index < -0.39 is 11.9 Å². The second-order valence-electron chi connectivity index (χ2n) is 9.29. The van der Waals surface area contributed by atoms with Crippen LogP contribution in [0.4, 0.5) is 0 Å². The van der Waals surface area contributed by atoms with Gasteiger partial charge in [0.05, 0.1) is 0 Å². The molecule has 0 aromatic rings. The van der Waals surface area contributed by atoms with Gasteiger partial charge in [0.15, 0.2) is 0 Å². The van der Waals surface area contributed by atoms with Crippen LogP contribution < -0.4 is 10.6 Å². The molecule has 0 aromatic heterocycles. The zero-order valence-electron chi connectivity index (χ0n) is 17.4. The third kappa shape index (κ3) is 7.70. The normalized spacial score (nSPS) is 25.6. The summed E-state index contributed by atoms with van der Waals surface area (Å²) >= 11 is 0. The molecule has 2 spiro atoms. The van der Waals surface area contributed by atoms with Crippen LogP contribution in [0.25, 0.3) is 0 Å². The highest BCUT2D eigenvalue weighted by molar-refractivity contribution is 6.27. The summed E-state index contributed by atoms with van der Waals surface area (Å²) in [5, 5.41) is 21.9. The zero-order valence-corrected chi connectivity index (χ0v) is 17.4. The van der Waals surface area contributed by atoms with Gasteiger partial charge in [-0.15, -0.1) is 0 Å². The van der Waals surface area contributed by atoms with E-state index in [-0.39, 0.29) is 0 Å². The van der Waals surface area contributed by atoms with Gasteiger partial charge in [0.2, 0.25) is 0 Å². The van der Waals surface area contributed by atoms with E-state index in [0.717, 1.165) is 10.8 Å². The second kappa shape index (κ2) is 11.8. The lowest BCUT2D eigenvalue weighted by Crippen LogP contribution is -2.41. The Balaban J connectivity index is 0.000000158. The number of aliphatic carboxylic acids is 2. The van der Waals surface area contributed by atoms with E-state index in [9.17, 15) is 0 Å². The molecule has 2 aliphatic carbocycles. The van der Waals surface area contributed by atoms with Crippen molar-refractivity contribution in [2.45, 2.75) is 89.9 Å². The largest absolute Gasteiger partial charge is 0.473 e. The lowest BCUT2D eigenvalue weighted by molar-refractivity contribution is -0.159. The first-order valence-corrected chi connectivity index (χ1v) is 11.3. The van der Waals surface area contributed by atoms with Crippen molar-refractivity contribution >= 4 is 11.9 Å². The van der Waals surface area contributed by atoms with Crippen molar-refractivity contribution < 1.29 is 19.8 Å². The maximum Gasteiger partial charge on any atom is 0.414 e. The van der Waals surface area contributed by atoms with Gasteiger partial charge in [-0.3, -0.25) is 0 Å². The molecule has 4 aliphatic rings. The van der Waals surface area contributed by atoms with Gasteiger partial charge in [-0.1, -0.05) is 38.5 Å². The first kappa shape index (κ1) is 23.1. The van der Waals surface area contributed by atoms with Crippen LogP contribution in [-0.2, 0) is 9.59 Å². The fraction of sp³-hybridized carbons (Fsp3) is 0.909. The molecule has 4 rings (SSSR count). The van der Waals surface area contributed by atoms with E-state index in [1.165, 1.54) is 116 Å². The van der Waals surface area contributed by atoms with E-state index in [1.54, 1.807) is 0 Å². The third-order valence-electron chi connectivity index (χ3n) is 7.13. The van der Waals surface area contributed by atoms with Crippen molar-refractivity contribution in [1.82, 2.24) is 10.6 Å². The first-order chi connectivity index (χ1) is 13.5. The number of carboxylic acid groups (broad SMARTS) is 2. The maximum absolute atomic E-state index is 9.10. The molecule has 6 nitrogen and oxygen atoms in total. The highest BCUT2D eigenvalue weighted by atomic mass is 16.4. The molecular weight excluding hydrogens is 356 g/mol. The Kier molecular flexibility index (Phi) is 9.72. The minimum atomic E-state index is -1.82. The number of nitrogens with one attached hydrogen (secondary N) is 2. The summed E-state index contributed by atoms with van der Waals surface area (Å²) in [6.45, 7) is 5.16. The zero-order chi connectivity index (χ0) is 20.3. The van der Waals surface area contributed by atoms with Gasteiger partial charge in [0.1, 0.15) is 0 Å². The number of carbonyl (C=O) groups is 2. The molecule has 0 unspecified atom stereocenters. The fourth-order valence-corrected chi connectivity index (χ4v) is 5.52. The molecule has 4 N–H and O–H groups in total. The van der Waals surface area contributed by atoms with Gasteiger partial charge in [-0.2, -0.15) is 0 Å². The topological polar surface area (TPSA) is 98.7 Å². The minimum absolute atomic E-state index is 0.747. The fourth-order valence-electron chi connectivity index (χ4n) is 5.52. The first-order valence-electron chi connectivity index (χ1n) is 11.3. The van der Waals surface area contributed by atoms with Gasteiger partial charge in [-0.25, -0.2) is 9.59 Å². The number of piperidine rings is 2. The number of carboxylic acids is 2. The smallest absolute Gasteiger partial charge is 0.414 e. The predicted octanol–water partition coefficient (Wildman–Crippen LogP) is 3.80. The SMILES string of the molecule is C1CCC2(CC1)CCCNC2.C1CCC2(CC1)CCCNC2.O=C(O)C(=O)O. The van der Waals surface area contributed by atoms with Crippen molar-refractivity contribution in [2.75, 3.05) is 26.2 Å². The lowest BCUT2D eigenvalue weighted by atomic mass is 9.70. The van der Waals surface area contributed by atoms with Crippen molar-refractivity contribution in [2.24, 2.45) is 10.8 Å². The van der Waals surface area contributed by atoms with Gasteiger partial charge in [0, 0.05) is 13.1 Å². The van der Waals surface area contributed by atoms with Crippen LogP contribution in [-0.4, -0.2) is 48.3 Å². The molecule has 2 heterocycles. The molecule has 0 radical (unpaired) electrons. The summed E-state index contributed by atoms with van der Waals surface area (Å²) in [5.74, 6) is -3.65. The van der Waals surface area contributed by atoms with Crippen LogP contribution in [0, 0.1) is 10.8 Å². The summed E-state index contributed by atoms with van der Waals surface area (Å²) in [6, 6.07) is 0. The molecule has 0 amide bonds. The number of hydrogen-bond acceptors (Lipinski definition) is 4. The molecule has 0 bridgehead atoms. The van der Waals surface area contributed by atoms with Crippen molar-refractivity contribution in [1.29, 1.82) is 0 Å². The Labute approximate surface area is 169 Å². The van der Waals surface area contributed by atoms with E-state index in [2.05, 4.69) is 10.6 Å². The monoisotopic (exact) mass is 396 g/mol. The summed E-state index contributed by atoms with van der Waals surface area (Å²) < 4.78 is 0. The molecule has 162 valence electrons. The van der Waals surface area contributed by atoms with Crippen LogP contribution in [0.5, 0.6) is 0 Å². The molecule has 2 aliphatic heterocycles. The van der Waals surface area contributed by atoms with Crippen LogP contribution in [0.2, 0.25) is 0 Å². The summed E-state index contributed by atoms with van der Waals surface area (Å²) in [4.78, 5) is 18.2. The second-order valence-corrected chi connectivity index (χ2v) is 9.29. The van der Waals surface area contributed by atoms with E-state index in [1.807, 2.05) is 0 Å². The van der Waals surface area contributed by atoms with Gasteiger partial charge >= 0.3 is 11.9 Å². The molecule has 2 saturated carbocycles. The molecule has 28 heavy (non-hydrogen) atoms. The van der Waals surface area contributed by atoms with Gasteiger partial charge < -0.3 is 20.8 Å². The molecule has 2 saturated heterocycles. The molecular formula is C22H40N2O4.